The van der Waals surface area contributed by atoms with Gasteiger partial charge in [-0.3, -0.25) is 4.79 Å². The Morgan fingerprint density at radius 2 is 1.65 bits per heavy atom. The van der Waals surface area contributed by atoms with Crippen molar-refractivity contribution in [3.05, 3.63) is 84.2 Å². The van der Waals surface area contributed by atoms with Crippen LogP contribution in [0.15, 0.2) is 72.8 Å². The average Bonchev–Trinajstić information content (AvgIpc) is 3.65. The topological polar surface area (TPSA) is 38.8 Å². The fraction of sp³-hybridized carbons (Fsp3) is 0.269. The highest BCUT2D eigenvalue weighted by Gasteiger charge is 2.33. The Balaban J connectivity index is 1.44. The monoisotopic (exact) mass is 419 g/mol. The highest BCUT2D eigenvalue weighted by Crippen LogP contribution is 2.32. The number of carbonyl (C=O) groups excluding carboxylic acids is 1. The summed E-state index contributed by atoms with van der Waals surface area (Å²) in [6.45, 7) is 1.10. The molecule has 3 aromatic carbocycles. The van der Waals surface area contributed by atoms with E-state index in [0.29, 0.717) is 36.9 Å². The van der Waals surface area contributed by atoms with Crippen molar-refractivity contribution in [2.24, 2.45) is 0 Å². The Kier molecular flexibility index (Phi) is 6.51. The molecule has 1 amide bonds. The van der Waals surface area contributed by atoms with Gasteiger partial charge in [-0.25, -0.2) is 4.39 Å². The summed E-state index contributed by atoms with van der Waals surface area (Å²) in [5, 5.41) is 0. The van der Waals surface area contributed by atoms with Gasteiger partial charge in [0.25, 0.3) is 5.91 Å². The molecular weight excluding hydrogens is 393 g/mol. The van der Waals surface area contributed by atoms with Crippen LogP contribution in [0.4, 0.5) is 4.39 Å². The number of amides is 1. The third-order valence-corrected chi connectivity index (χ3v) is 5.43. The van der Waals surface area contributed by atoms with Gasteiger partial charge in [0.2, 0.25) is 0 Å². The lowest BCUT2D eigenvalue weighted by atomic mass is 9.98. The molecule has 0 radical (unpaired) electrons. The lowest BCUT2D eigenvalue weighted by molar-refractivity contribution is 0.0734. The Morgan fingerprint density at radius 1 is 0.968 bits per heavy atom. The van der Waals surface area contributed by atoms with E-state index >= 15 is 0 Å². The highest BCUT2D eigenvalue weighted by atomic mass is 19.1. The molecule has 0 aromatic heterocycles. The molecule has 1 aliphatic rings. The van der Waals surface area contributed by atoms with E-state index < -0.39 is 0 Å². The fourth-order valence-electron chi connectivity index (χ4n) is 3.64. The number of hydrogen-bond donors (Lipinski definition) is 0. The van der Waals surface area contributed by atoms with E-state index in [1.807, 2.05) is 53.4 Å². The molecule has 0 unspecified atom stereocenters. The Bertz CT molecular complexity index is 1010. The molecule has 0 spiro atoms. The van der Waals surface area contributed by atoms with Crippen molar-refractivity contribution in [3.63, 3.8) is 0 Å². The van der Waals surface area contributed by atoms with E-state index in [2.05, 4.69) is 0 Å². The zero-order chi connectivity index (χ0) is 21.6. The van der Waals surface area contributed by atoms with Gasteiger partial charge in [-0.15, -0.1) is 0 Å². The summed E-state index contributed by atoms with van der Waals surface area (Å²) in [7, 11) is 1.64. The zero-order valence-corrected chi connectivity index (χ0v) is 17.6. The third kappa shape index (κ3) is 5.23. The Morgan fingerprint density at radius 3 is 2.32 bits per heavy atom. The molecule has 1 aliphatic carbocycles. The quantitative estimate of drug-likeness (QED) is 0.425. The second kappa shape index (κ2) is 9.65. The van der Waals surface area contributed by atoms with Gasteiger partial charge in [0.15, 0.2) is 0 Å². The molecule has 5 heteroatoms. The smallest absolute Gasteiger partial charge is 0.254 e. The molecule has 0 bridgehead atoms. The van der Waals surface area contributed by atoms with Gasteiger partial charge < -0.3 is 14.4 Å². The molecule has 4 nitrogen and oxygen atoms in total. The van der Waals surface area contributed by atoms with Gasteiger partial charge in [0, 0.05) is 18.2 Å². The van der Waals surface area contributed by atoms with Crippen molar-refractivity contribution in [1.29, 1.82) is 0 Å². The summed E-state index contributed by atoms with van der Waals surface area (Å²) in [4.78, 5) is 15.4. The number of benzene rings is 3. The molecule has 0 heterocycles. The molecule has 3 aromatic rings. The van der Waals surface area contributed by atoms with Crippen LogP contribution in [0.3, 0.4) is 0 Å². The van der Waals surface area contributed by atoms with Crippen molar-refractivity contribution in [2.45, 2.75) is 25.3 Å². The normalized spacial score (nSPS) is 13.0. The standard InChI is InChI=1S/C26H26FNO3/c1-30-22-13-7-19(8-14-22)24-5-2-3-6-25(24)26(29)28(21-11-12-21)17-4-18-31-23-15-9-20(27)10-16-23/h2-3,5-10,13-16,21H,4,11-12,17-18H2,1H3. The van der Waals surface area contributed by atoms with Crippen molar-refractivity contribution >= 4 is 5.91 Å². The first-order valence-electron chi connectivity index (χ1n) is 10.6. The van der Waals surface area contributed by atoms with Crippen LogP contribution in [0.1, 0.15) is 29.6 Å². The van der Waals surface area contributed by atoms with Crippen molar-refractivity contribution in [2.75, 3.05) is 20.3 Å². The third-order valence-electron chi connectivity index (χ3n) is 5.43. The second-order valence-corrected chi connectivity index (χ2v) is 7.66. The van der Waals surface area contributed by atoms with Crippen molar-refractivity contribution < 1.29 is 18.7 Å². The summed E-state index contributed by atoms with van der Waals surface area (Å²) in [6.07, 6.45) is 2.79. The molecule has 31 heavy (non-hydrogen) atoms. The molecule has 1 fully saturated rings. The first-order chi connectivity index (χ1) is 15.2. The minimum absolute atomic E-state index is 0.0516. The molecule has 160 valence electrons. The Labute approximate surface area is 182 Å². The number of halogens is 1. The number of methoxy groups -OCH3 is 1. The summed E-state index contributed by atoms with van der Waals surface area (Å²) in [6, 6.07) is 21.8. The van der Waals surface area contributed by atoms with Crippen LogP contribution in [0.25, 0.3) is 11.1 Å². The fourth-order valence-corrected chi connectivity index (χ4v) is 3.64. The molecule has 0 saturated heterocycles. The second-order valence-electron chi connectivity index (χ2n) is 7.66. The predicted octanol–water partition coefficient (Wildman–Crippen LogP) is 5.58. The minimum atomic E-state index is -0.284. The average molecular weight is 419 g/mol. The van der Waals surface area contributed by atoms with Gasteiger partial charge >= 0.3 is 0 Å². The van der Waals surface area contributed by atoms with Crippen LogP contribution in [0.5, 0.6) is 11.5 Å². The number of hydrogen-bond acceptors (Lipinski definition) is 3. The van der Waals surface area contributed by atoms with E-state index in [9.17, 15) is 9.18 Å². The maximum absolute atomic E-state index is 13.5. The summed E-state index contributed by atoms with van der Waals surface area (Å²) < 4.78 is 24.0. The van der Waals surface area contributed by atoms with Crippen molar-refractivity contribution in [1.82, 2.24) is 4.90 Å². The number of carbonyl (C=O) groups is 1. The minimum Gasteiger partial charge on any atom is -0.497 e. The number of rotatable bonds is 9. The van der Waals surface area contributed by atoms with E-state index in [1.54, 1.807) is 19.2 Å². The summed E-state index contributed by atoms with van der Waals surface area (Å²) in [5.41, 5.74) is 2.61. The number of nitrogens with zero attached hydrogens (tertiary/aromatic N) is 1. The van der Waals surface area contributed by atoms with Crippen LogP contribution < -0.4 is 9.47 Å². The van der Waals surface area contributed by atoms with Crippen LogP contribution in [-0.4, -0.2) is 37.1 Å². The van der Waals surface area contributed by atoms with E-state index in [4.69, 9.17) is 9.47 Å². The lowest BCUT2D eigenvalue weighted by Crippen LogP contribution is -2.35. The molecule has 1 saturated carbocycles. The summed E-state index contributed by atoms with van der Waals surface area (Å²) >= 11 is 0. The molecular formula is C26H26FNO3. The van der Waals surface area contributed by atoms with Crippen LogP contribution >= 0.6 is 0 Å². The molecule has 0 aliphatic heterocycles. The SMILES string of the molecule is COc1ccc(-c2ccccc2C(=O)N(CCCOc2ccc(F)cc2)C2CC2)cc1. The first-order valence-corrected chi connectivity index (χ1v) is 10.6. The van der Waals surface area contributed by atoms with Crippen LogP contribution in [-0.2, 0) is 0 Å². The zero-order valence-electron chi connectivity index (χ0n) is 17.6. The lowest BCUT2D eigenvalue weighted by Gasteiger charge is -2.24. The van der Waals surface area contributed by atoms with Gasteiger partial charge in [-0.2, -0.15) is 0 Å². The largest absolute Gasteiger partial charge is 0.497 e. The van der Waals surface area contributed by atoms with Gasteiger partial charge in [0.05, 0.1) is 13.7 Å². The van der Waals surface area contributed by atoms with Gasteiger partial charge in [0.1, 0.15) is 17.3 Å². The van der Waals surface area contributed by atoms with Crippen LogP contribution in [0, 0.1) is 5.82 Å². The Hall–Kier alpha value is -3.34. The van der Waals surface area contributed by atoms with Crippen molar-refractivity contribution in [3.8, 4) is 22.6 Å². The maximum Gasteiger partial charge on any atom is 0.254 e. The van der Waals surface area contributed by atoms with E-state index in [0.717, 1.165) is 29.7 Å². The first kappa shape index (κ1) is 20.9. The van der Waals surface area contributed by atoms with E-state index in [-0.39, 0.29) is 11.7 Å². The molecule has 0 N–H and O–H groups in total. The molecule has 0 atom stereocenters. The maximum atomic E-state index is 13.5. The number of ether oxygens (including phenoxy) is 2. The van der Waals surface area contributed by atoms with Gasteiger partial charge in [-0.1, -0.05) is 30.3 Å². The highest BCUT2D eigenvalue weighted by molar-refractivity contribution is 6.01. The summed E-state index contributed by atoms with van der Waals surface area (Å²) in [5.74, 6) is 1.19. The van der Waals surface area contributed by atoms with Gasteiger partial charge in [-0.05, 0) is 72.9 Å². The predicted molar refractivity (Wildman–Crippen MR) is 119 cm³/mol. The van der Waals surface area contributed by atoms with Crippen LogP contribution in [0.2, 0.25) is 0 Å². The molecule has 4 rings (SSSR count). The van der Waals surface area contributed by atoms with E-state index in [1.165, 1.54) is 12.1 Å².